The molecule has 0 aliphatic carbocycles. The number of benzene rings is 1. The van der Waals surface area contributed by atoms with E-state index in [1.54, 1.807) is 25.1 Å². The number of carboxylic acid groups (broad SMARTS) is 1. The number of aryl methyl sites for hydroxylation is 1. The van der Waals surface area contributed by atoms with E-state index >= 15 is 0 Å². The van der Waals surface area contributed by atoms with Crippen LogP contribution in [0.2, 0.25) is 10.0 Å². The fourth-order valence-electron chi connectivity index (χ4n) is 3.24. The molecule has 0 aliphatic rings. The van der Waals surface area contributed by atoms with Crippen LogP contribution >= 0.6 is 23.2 Å². The van der Waals surface area contributed by atoms with Crippen molar-refractivity contribution in [3.05, 3.63) is 87.2 Å². The van der Waals surface area contributed by atoms with Crippen LogP contribution in [-0.4, -0.2) is 41.4 Å². The minimum absolute atomic E-state index is 0.0221. The first-order valence-electron chi connectivity index (χ1n) is 11.0. The molecule has 0 saturated heterocycles. The fraction of sp³-hybridized carbons (Fsp3) is 0.200. The molecule has 0 radical (unpaired) electrons. The standard InChI is InChI=1S/C25H23Cl2N3O7/c1-14-7-10-37-22(14)24(33)28-8-6-19(25(34)35)30-23(32)21-17(26)11-15(12-18(21)27)13-29-20(31)5-4-16-3-2-9-36-16/h2-5,7,9-12,19H,6,8,13H2,1H3,(H,28,33)(H,29,31)(H,30,32)(H,34,35)/b5-4+/t19-/m0/s1. The normalized spacial score (nSPS) is 11.8. The summed E-state index contributed by atoms with van der Waals surface area (Å²) in [4.78, 5) is 48.6. The van der Waals surface area contributed by atoms with Crippen LogP contribution in [0.3, 0.4) is 0 Å². The van der Waals surface area contributed by atoms with Gasteiger partial charge in [0.25, 0.3) is 11.8 Å². The van der Waals surface area contributed by atoms with Gasteiger partial charge in [-0.2, -0.15) is 0 Å². The lowest BCUT2D eigenvalue weighted by Crippen LogP contribution is -2.43. The zero-order valence-corrected chi connectivity index (χ0v) is 21.1. The highest BCUT2D eigenvalue weighted by atomic mass is 35.5. The van der Waals surface area contributed by atoms with Crippen molar-refractivity contribution in [3.8, 4) is 0 Å². The van der Waals surface area contributed by atoms with Gasteiger partial charge < -0.3 is 29.9 Å². The molecule has 0 fully saturated rings. The Balaban J connectivity index is 1.57. The van der Waals surface area contributed by atoms with Gasteiger partial charge >= 0.3 is 5.97 Å². The van der Waals surface area contributed by atoms with E-state index in [0.29, 0.717) is 16.9 Å². The highest BCUT2D eigenvalue weighted by Gasteiger charge is 2.24. The van der Waals surface area contributed by atoms with Gasteiger partial charge in [0, 0.05) is 24.7 Å². The van der Waals surface area contributed by atoms with Crippen molar-refractivity contribution < 1.29 is 33.1 Å². The Labute approximate surface area is 221 Å². The van der Waals surface area contributed by atoms with Gasteiger partial charge in [-0.3, -0.25) is 14.4 Å². The number of hydrogen-bond donors (Lipinski definition) is 4. The van der Waals surface area contributed by atoms with Crippen molar-refractivity contribution in [3.63, 3.8) is 0 Å². The van der Waals surface area contributed by atoms with Gasteiger partial charge in [0.2, 0.25) is 5.91 Å². The van der Waals surface area contributed by atoms with Crippen molar-refractivity contribution in [1.29, 1.82) is 0 Å². The van der Waals surface area contributed by atoms with Crippen LogP contribution in [0.5, 0.6) is 0 Å². The quantitative estimate of drug-likeness (QED) is 0.266. The van der Waals surface area contributed by atoms with Gasteiger partial charge in [0.15, 0.2) is 5.76 Å². The highest BCUT2D eigenvalue weighted by molar-refractivity contribution is 6.39. The second-order valence-electron chi connectivity index (χ2n) is 7.84. The van der Waals surface area contributed by atoms with Crippen LogP contribution < -0.4 is 16.0 Å². The maximum atomic E-state index is 12.8. The summed E-state index contributed by atoms with van der Waals surface area (Å²) in [5, 5.41) is 17.0. The van der Waals surface area contributed by atoms with Gasteiger partial charge in [-0.1, -0.05) is 23.2 Å². The van der Waals surface area contributed by atoms with Crippen LogP contribution in [-0.2, 0) is 16.1 Å². The first-order chi connectivity index (χ1) is 17.7. The van der Waals surface area contributed by atoms with E-state index in [1.165, 1.54) is 36.8 Å². The second kappa shape index (κ2) is 12.8. The number of carboxylic acids is 1. The summed E-state index contributed by atoms with van der Waals surface area (Å²) in [6, 6.07) is 6.58. The third-order valence-electron chi connectivity index (χ3n) is 5.13. The Bertz CT molecular complexity index is 1290. The molecule has 1 aromatic carbocycles. The Morgan fingerprint density at radius 1 is 1.03 bits per heavy atom. The summed E-state index contributed by atoms with van der Waals surface area (Å²) in [7, 11) is 0. The second-order valence-corrected chi connectivity index (χ2v) is 8.66. The Morgan fingerprint density at radius 3 is 2.35 bits per heavy atom. The summed E-state index contributed by atoms with van der Waals surface area (Å²) in [6.07, 6.45) is 5.56. The first-order valence-corrected chi connectivity index (χ1v) is 11.7. The van der Waals surface area contributed by atoms with Crippen molar-refractivity contribution in [2.24, 2.45) is 0 Å². The fourth-order valence-corrected chi connectivity index (χ4v) is 3.94. The van der Waals surface area contributed by atoms with Gasteiger partial charge in [-0.05, 0) is 55.3 Å². The predicted molar refractivity (Wildman–Crippen MR) is 135 cm³/mol. The number of rotatable bonds is 11. The van der Waals surface area contributed by atoms with Crippen LogP contribution in [0.1, 0.15) is 44.2 Å². The molecule has 2 heterocycles. The van der Waals surface area contributed by atoms with E-state index in [4.69, 9.17) is 32.0 Å². The smallest absolute Gasteiger partial charge is 0.326 e. The highest BCUT2D eigenvalue weighted by Crippen LogP contribution is 2.27. The number of halogens is 2. The van der Waals surface area contributed by atoms with Crippen molar-refractivity contribution >= 4 is 53.0 Å². The lowest BCUT2D eigenvalue weighted by Gasteiger charge is -2.16. The number of amides is 3. The minimum Gasteiger partial charge on any atom is -0.480 e. The molecule has 3 aromatic rings. The predicted octanol–water partition coefficient (Wildman–Crippen LogP) is 3.82. The summed E-state index contributed by atoms with van der Waals surface area (Å²) < 4.78 is 10.2. The molecule has 3 amide bonds. The van der Waals surface area contributed by atoms with E-state index in [-0.39, 0.29) is 46.8 Å². The lowest BCUT2D eigenvalue weighted by atomic mass is 10.1. The van der Waals surface area contributed by atoms with Crippen molar-refractivity contribution in [2.45, 2.75) is 25.9 Å². The molecule has 4 N–H and O–H groups in total. The maximum absolute atomic E-state index is 12.8. The first kappa shape index (κ1) is 27.6. The molecule has 0 spiro atoms. The van der Waals surface area contributed by atoms with Gasteiger partial charge in [-0.25, -0.2) is 4.79 Å². The van der Waals surface area contributed by atoms with E-state index in [2.05, 4.69) is 16.0 Å². The van der Waals surface area contributed by atoms with Crippen LogP contribution in [0.15, 0.2) is 57.8 Å². The molecule has 12 heteroatoms. The van der Waals surface area contributed by atoms with Crippen LogP contribution in [0.4, 0.5) is 0 Å². The van der Waals surface area contributed by atoms with Gasteiger partial charge in [0.05, 0.1) is 28.1 Å². The molecule has 3 rings (SSSR count). The number of carbonyl (C=O) groups excluding carboxylic acids is 3. The zero-order valence-electron chi connectivity index (χ0n) is 19.5. The van der Waals surface area contributed by atoms with Crippen molar-refractivity contribution in [2.75, 3.05) is 6.54 Å². The van der Waals surface area contributed by atoms with Gasteiger partial charge in [0.1, 0.15) is 11.8 Å². The van der Waals surface area contributed by atoms with E-state index < -0.39 is 23.8 Å². The third-order valence-corrected chi connectivity index (χ3v) is 5.72. The average Bonchev–Trinajstić information content (AvgIpc) is 3.51. The Hall–Kier alpha value is -4.02. The molecular formula is C25H23Cl2N3O7. The van der Waals surface area contributed by atoms with E-state index in [9.17, 15) is 24.3 Å². The molecule has 0 unspecified atom stereocenters. The molecule has 0 saturated carbocycles. The van der Waals surface area contributed by atoms with E-state index in [1.807, 2.05) is 0 Å². The van der Waals surface area contributed by atoms with E-state index in [0.717, 1.165) is 0 Å². The van der Waals surface area contributed by atoms with Crippen molar-refractivity contribution in [1.82, 2.24) is 16.0 Å². The largest absolute Gasteiger partial charge is 0.480 e. The molecule has 1 atom stereocenters. The monoisotopic (exact) mass is 547 g/mol. The maximum Gasteiger partial charge on any atom is 0.326 e. The number of nitrogens with one attached hydrogen (secondary N) is 3. The SMILES string of the molecule is Cc1ccoc1C(=O)NCC[C@H](NC(=O)c1c(Cl)cc(CNC(=O)/C=C/c2ccco2)cc1Cl)C(=O)O. The minimum atomic E-state index is -1.32. The molecule has 0 bridgehead atoms. The summed E-state index contributed by atoms with van der Waals surface area (Å²) >= 11 is 12.5. The number of hydrogen-bond acceptors (Lipinski definition) is 6. The van der Waals surface area contributed by atoms with Crippen LogP contribution in [0.25, 0.3) is 6.08 Å². The Kier molecular flexibility index (Phi) is 9.53. The third kappa shape index (κ3) is 7.73. The molecule has 194 valence electrons. The number of furan rings is 2. The zero-order chi connectivity index (χ0) is 26.9. The molecule has 0 aliphatic heterocycles. The Morgan fingerprint density at radius 2 is 1.76 bits per heavy atom. The summed E-state index contributed by atoms with van der Waals surface area (Å²) in [5.41, 5.74) is 1.05. The lowest BCUT2D eigenvalue weighted by molar-refractivity contribution is -0.139. The number of carbonyl (C=O) groups is 4. The summed E-state index contributed by atoms with van der Waals surface area (Å²) in [6.45, 7) is 1.74. The average molecular weight is 548 g/mol. The molecule has 2 aromatic heterocycles. The van der Waals surface area contributed by atoms with Gasteiger partial charge in [-0.15, -0.1) is 0 Å². The molecule has 37 heavy (non-hydrogen) atoms. The molecular weight excluding hydrogens is 525 g/mol. The summed E-state index contributed by atoms with van der Waals surface area (Å²) in [5.74, 6) is -2.34. The topological polar surface area (TPSA) is 151 Å². The number of aliphatic carboxylic acids is 1. The molecule has 10 nitrogen and oxygen atoms in total. The van der Waals surface area contributed by atoms with Crippen LogP contribution in [0, 0.1) is 6.92 Å².